The molecular formula is C13H14BFN5O2. The Bertz CT molecular complexity index is 690. The van der Waals surface area contributed by atoms with Crippen molar-refractivity contribution in [3.8, 4) is 5.82 Å². The number of carbonyl (C=O) groups excluding carboxylic acids is 1. The monoisotopic (exact) mass is 302 g/mol. The van der Waals surface area contributed by atoms with Crippen LogP contribution < -0.4 is 10.9 Å². The van der Waals surface area contributed by atoms with Gasteiger partial charge in [-0.1, -0.05) is 18.4 Å². The lowest BCUT2D eigenvalue weighted by atomic mass is 9.74. The van der Waals surface area contributed by atoms with Gasteiger partial charge in [0, 0.05) is 13.2 Å². The summed E-state index contributed by atoms with van der Waals surface area (Å²) in [5, 5.41) is 5.51. The van der Waals surface area contributed by atoms with E-state index >= 15 is 0 Å². The highest BCUT2D eigenvalue weighted by atomic mass is 19.1. The third kappa shape index (κ3) is 2.55. The highest BCUT2D eigenvalue weighted by Crippen LogP contribution is 2.22. The maximum absolute atomic E-state index is 13.2. The molecule has 22 heavy (non-hydrogen) atoms. The van der Waals surface area contributed by atoms with Gasteiger partial charge in [-0.15, -0.1) is 0 Å². The number of ether oxygens (including phenoxy) is 1. The van der Waals surface area contributed by atoms with Crippen LogP contribution in [0.1, 0.15) is 17.6 Å². The van der Waals surface area contributed by atoms with Crippen molar-refractivity contribution in [2.75, 3.05) is 7.05 Å². The number of nitrogens with zero attached hydrogens (tertiary/aromatic N) is 4. The molecule has 7 nitrogen and oxygen atoms in total. The molecule has 3 rings (SSSR count). The summed E-state index contributed by atoms with van der Waals surface area (Å²) in [4.78, 5) is 15.6. The van der Waals surface area contributed by atoms with Crippen molar-refractivity contribution in [3.63, 3.8) is 0 Å². The second kappa shape index (κ2) is 5.76. The molecule has 2 aromatic rings. The largest absolute Gasteiger partial charge is 0.426 e. The molecule has 0 saturated carbocycles. The van der Waals surface area contributed by atoms with Crippen LogP contribution >= 0.6 is 0 Å². The first kappa shape index (κ1) is 14.5. The molecule has 1 aliphatic rings. The van der Waals surface area contributed by atoms with E-state index in [1.165, 1.54) is 16.7 Å². The number of nitrogens with one attached hydrogen (secondary N) is 1. The van der Waals surface area contributed by atoms with Gasteiger partial charge in [-0.25, -0.2) is 23.9 Å². The van der Waals surface area contributed by atoms with Gasteiger partial charge in [-0.3, -0.25) is 0 Å². The number of pyridine rings is 1. The average Bonchev–Trinajstić information content (AvgIpc) is 3.11. The van der Waals surface area contributed by atoms with Gasteiger partial charge in [0.2, 0.25) is 6.23 Å². The molecule has 1 unspecified atom stereocenters. The molecule has 0 aromatic carbocycles. The summed E-state index contributed by atoms with van der Waals surface area (Å²) in [6.45, 7) is 1.21. The summed E-state index contributed by atoms with van der Waals surface area (Å²) in [7, 11) is 3.45. The topological polar surface area (TPSA) is 72.3 Å². The molecule has 0 aliphatic carbocycles. The smallest absolute Gasteiger partial charge is 0.422 e. The Labute approximate surface area is 127 Å². The van der Waals surface area contributed by atoms with Crippen LogP contribution in [0.4, 0.5) is 9.18 Å². The predicted octanol–water partition coefficient (Wildman–Crippen LogP) is 0.700. The van der Waals surface area contributed by atoms with Gasteiger partial charge in [0.05, 0.1) is 5.69 Å². The van der Waals surface area contributed by atoms with Crippen molar-refractivity contribution in [3.05, 3.63) is 35.8 Å². The van der Waals surface area contributed by atoms with Crippen LogP contribution in [0, 0.1) is 0 Å². The fraction of sp³-hybridized carbons (Fsp3) is 0.308. The fourth-order valence-corrected chi connectivity index (χ4v) is 2.12. The average molecular weight is 302 g/mol. The maximum Gasteiger partial charge on any atom is 0.426 e. The molecule has 3 heterocycles. The van der Waals surface area contributed by atoms with Crippen LogP contribution in [0.15, 0.2) is 24.4 Å². The number of alkyl halides is 1. The van der Waals surface area contributed by atoms with E-state index in [1.807, 2.05) is 20.2 Å². The van der Waals surface area contributed by atoms with E-state index in [0.29, 0.717) is 17.2 Å². The van der Waals surface area contributed by atoms with Crippen LogP contribution in [0.5, 0.6) is 0 Å². The van der Waals surface area contributed by atoms with Gasteiger partial charge >= 0.3 is 6.09 Å². The van der Waals surface area contributed by atoms with E-state index in [-0.39, 0.29) is 0 Å². The summed E-state index contributed by atoms with van der Waals surface area (Å²) in [6, 6.07) is 5.17. The number of aromatic nitrogens is 3. The maximum atomic E-state index is 13.2. The highest BCUT2D eigenvalue weighted by molar-refractivity contribution is 6.51. The van der Waals surface area contributed by atoms with Crippen molar-refractivity contribution in [1.82, 2.24) is 25.2 Å². The zero-order chi connectivity index (χ0) is 15.7. The van der Waals surface area contributed by atoms with Crippen molar-refractivity contribution in [1.29, 1.82) is 0 Å². The predicted molar refractivity (Wildman–Crippen MR) is 77.5 cm³/mol. The molecule has 1 aliphatic heterocycles. The molecule has 1 amide bonds. The molecule has 1 N–H and O–H groups in total. The van der Waals surface area contributed by atoms with Gasteiger partial charge in [-0.2, -0.15) is 10.5 Å². The van der Waals surface area contributed by atoms with E-state index in [0.717, 1.165) is 5.46 Å². The molecule has 1 fully saturated rings. The zero-order valence-electron chi connectivity index (χ0n) is 12.2. The van der Waals surface area contributed by atoms with Gasteiger partial charge in [0.25, 0.3) is 0 Å². The molecule has 1 radical (unpaired) electrons. The molecule has 9 heteroatoms. The van der Waals surface area contributed by atoms with Gasteiger partial charge < -0.3 is 4.74 Å². The van der Waals surface area contributed by atoms with E-state index in [4.69, 9.17) is 4.74 Å². The Hall–Kier alpha value is -2.42. The highest BCUT2D eigenvalue weighted by Gasteiger charge is 2.31. The van der Waals surface area contributed by atoms with Gasteiger partial charge in [0.15, 0.2) is 5.82 Å². The number of hydrogen-bond acceptors (Lipinski definition) is 5. The van der Waals surface area contributed by atoms with E-state index in [2.05, 4.69) is 15.5 Å². The Balaban J connectivity index is 1.92. The Kier molecular flexibility index (Phi) is 3.80. The minimum atomic E-state index is -0.729. The summed E-state index contributed by atoms with van der Waals surface area (Å²) >= 11 is 0. The zero-order valence-corrected chi connectivity index (χ0v) is 12.2. The quantitative estimate of drug-likeness (QED) is 0.842. The lowest BCUT2D eigenvalue weighted by Crippen LogP contribution is -2.30. The number of hydrogen-bond donors (Lipinski definition) is 1. The fourth-order valence-electron chi connectivity index (χ4n) is 2.12. The number of amides is 1. The molecule has 1 atom stereocenters. The third-order valence-electron chi connectivity index (χ3n) is 3.33. The number of hydrazine groups is 1. The third-order valence-corrected chi connectivity index (χ3v) is 3.33. The number of halogens is 1. The first-order valence-corrected chi connectivity index (χ1v) is 6.73. The minimum Gasteiger partial charge on any atom is -0.422 e. The number of carbonyl (C=O) groups is 1. The van der Waals surface area contributed by atoms with Crippen molar-refractivity contribution in [2.24, 2.45) is 0 Å². The van der Waals surface area contributed by atoms with Crippen molar-refractivity contribution in [2.45, 2.75) is 19.7 Å². The van der Waals surface area contributed by atoms with E-state index in [9.17, 15) is 9.18 Å². The van der Waals surface area contributed by atoms with Gasteiger partial charge in [0.1, 0.15) is 19.6 Å². The molecule has 0 bridgehead atoms. The van der Waals surface area contributed by atoms with E-state index in [1.54, 1.807) is 18.3 Å². The lowest BCUT2D eigenvalue weighted by Gasteiger charge is -2.06. The summed E-state index contributed by atoms with van der Waals surface area (Å²) in [5.74, 6) is 0.502. The van der Waals surface area contributed by atoms with Crippen molar-refractivity contribution >= 4 is 18.8 Å². The second-order valence-corrected chi connectivity index (χ2v) is 4.80. The summed E-state index contributed by atoms with van der Waals surface area (Å²) in [5.41, 5.74) is 4.51. The number of rotatable bonds is 4. The van der Waals surface area contributed by atoms with Crippen LogP contribution in [0.2, 0.25) is 6.82 Å². The van der Waals surface area contributed by atoms with Gasteiger partial charge in [-0.05, 0) is 12.1 Å². The first-order chi connectivity index (χ1) is 10.6. The SMILES string of the molecule is C[B]c1ccc(-n2nc(C3NN(C)C(=O)O3)cc2CF)nc1. The molecule has 1 saturated heterocycles. The molecule has 0 spiro atoms. The lowest BCUT2D eigenvalue weighted by molar-refractivity contribution is 0.127. The minimum absolute atomic E-state index is 0.336. The standard InChI is InChI=1S/C13H14BFN5O2/c1-14-8-3-4-11(16-7-8)20-9(6-15)5-10(17-20)12-18-19(2)13(21)22-12/h3-5,7,12,18H,6H2,1-2H3. The molecule has 2 aromatic heterocycles. The Morgan fingerprint density at radius 1 is 1.50 bits per heavy atom. The normalized spacial score (nSPS) is 17.7. The van der Waals surface area contributed by atoms with Crippen LogP contribution in [0.3, 0.4) is 0 Å². The second-order valence-electron chi connectivity index (χ2n) is 4.80. The summed E-state index contributed by atoms with van der Waals surface area (Å²) < 4.78 is 19.7. The van der Waals surface area contributed by atoms with Crippen LogP contribution in [-0.2, 0) is 11.4 Å². The Morgan fingerprint density at radius 3 is 2.86 bits per heavy atom. The molecule has 113 valence electrons. The van der Waals surface area contributed by atoms with Crippen LogP contribution in [-0.4, -0.2) is 40.2 Å². The first-order valence-electron chi connectivity index (χ1n) is 6.73. The summed E-state index contributed by atoms with van der Waals surface area (Å²) in [6.07, 6.45) is 0.440. The molecular weight excluding hydrogens is 288 g/mol. The number of cyclic esters (lactones) is 1. The van der Waals surface area contributed by atoms with E-state index < -0.39 is 19.0 Å². The van der Waals surface area contributed by atoms with Crippen LogP contribution in [0.25, 0.3) is 5.82 Å². The Morgan fingerprint density at radius 2 is 2.32 bits per heavy atom. The van der Waals surface area contributed by atoms with Crippen molar-refractivity contribution < 1.29 is 13.9 Å².